The predicted octanol–water partition coefficient (Wildman–Crippen LogP) is 1.65. The molecule has 0 saturated carbocycles. The van der Waals surface area contributed by atoms with E-state index in [0.717, 1.165) is 13.1 Å². The third-order valence-electron chi connectivity index (χ3n) is 3.24. The van der Waals surface area contributed by atoms with Crippen LogP contribution in [0.5, 0.6) is 0 Å². The highest BCUT2D eigenvalue weighted by Gasteiger charge is 2.28. The predicted molar refractivity (Wildman–Crippen MR) is 67.2 cm³/mol. The van der Waals surface area contributed by atoms with Gasteiger partial charge in [-0.05, 0) is 25.2 Å². The van der Waals surface area contributed by atoms with Crippen LogP contribution in [-0.4, -0.2) is 36.5 Å². The van der Waals surface area contributed by atoms with E-state index in [1.165, 1.54) is 6.42 Å². The van der Waals surface area contributed by atoms with Gasteiger partial charge in [-0.3, -0.25) is 9.69 Å². The summed E-state index contributed by atoms with van der Waals surface area (Å²) < 4.78 is 0. The molecule has 1 saturated heterocycles. The van der Waals surface area contributed by atoms with Gasteiger partial charge in [0.2, 0.25) is 5.91 Å². The minimum absolute atomic E-state index is 0.0230. The van der Waals surface area contributed by atoms with Crippen LogP contribution >= 0.6 is 0 Å². The average molecular weight is 224 g/mol. The number of carbonyl (C=O) groups excluding carboxylic acids is 1. The standard InChI is InChI=1S/C13H24N2O/c1-5-6-14-13(16)12(4)15-8-10(2)7-11(3)9-15/h5,10-12H,1,6-9H2,2-4H3,(H,14,16)/t10-,11+,12-/m1/s1. The number of hydrogen-bond donors (Lipinski definition) is 1. The molecule has 1 heterocycles. The molecule has 0 bridgehead atoms. The molecule has 92 valence electrons. The van der Waals surface area contributed by atoms with Crippen LogP contribution in [0.2, 0.25) is 0 Å². The first-order valence-electron chi connectivity index (χ1n) is 6.17. The van der Waals surface area contributed by atoms with Gasteiger partial charge in [0.15, 0.2) is 0 Å². The number of piperidine rings is 1. The van der Waals surface area contributed by atoms with Gasteiger partial charge in [-0.25, -0.2) is 0 Å². The smallest absolute Gasteiger partial charge is 0.237 e. The van der Waals surface area contributed by atoms with Gasteiger partial charge in [0, 0.05) is 19.6 Å². The number of rotatable bonds is 4. The quantitative estimate of drug-likeness (QED) is 0.737. The summed E-state index contributed by atoms with van der Waals surface area (Å²) in [6.45, 7) is 12.7. The van der Waals surface area contributed by atoms with E-state index in [2.05, 4.69) is 30.6 Å². The number of hydrogen-bond acceptors (Lipinski definition) is 2. The van der Waals surface area contributed by atoms with Gasteiger partial charge in [-0.15, -0.1) is 6.58 Å². The van der Waals surface area contributed by atoms with Crippen LogP contribution in [0.25, 0.3) is 0 Å². The molecular formula is C13H24N2O. The van der Waals surface area contributed by atoms with Crippen molar-refractivity contribution in [1.82, 2.24) is 10.2 Å². The second kappa shape index (κ2) is 6.04. The molecule has 0 aliphatic carbocycles. The van der Waals surface area contributed by atoms with Crippen LogP contribution in [0.3, 0.4) is 0 Å². The number of carbonyl (C=O) groups is 1. The molecule has 3 heteroatoms. The van der Waals surface area contributed by atoms with E-state index in [-0.39, 0.29) is 11.9 Å². The van der Waals surface area contributed by atoms with E-state index < -0.39 is 0 Å². The molecule has 0 aromatic heterocycles. The van der Waals surface area contributed by atoms with Gasteiger partial charge < -0.3 is 5.32 Å². The lowest BCUT2D eigenvalue weighted by molar-refractivity contribution is -0.126. The first-order chi connectivity index (χ1) is 7.54. The molecule has 0 radical (unpaired) electrons. The van der Waals surface area contributed by atoms with Crippen LogP contribution in [-0.2, 0) is 4.79 Å². The zero-order valence-corrected chi connectivity index (χ0v) is 10.7. The summed E-state index contributed by atoms with van der Waals surface area (Å²) in [5.41, 5.74) is 0. The van der Waals surface area contributed by atoms with E-state index in [4.69, 9.17) is 0 Å². The molecule has 1 N–H and O–H groups in total. The first kappa shape index (κ1) is 13.2. The molecule has 0 unspecified atom stereocenters. The Kier molecular flexibility index (Phi) is 5.00. The number of likely N-dealkylation sites (tertiary alicyclic amines) is 1. The second-order valence-corrected chi connectivity index (χ2v) is 5.11. The lowest BCUT2D eigenvalue weighted by Gasteiger charge is -2.38. The first-order valence-corrected chi connectivity index (χ1v) is 6.17. The average Bonchev–Trinajstić information content (AvgIpc) is 2.23. The van der Waals surface area contributed by atoms with E-state index in [1.54, 1.807) is 6.08 Å². The molecule has 3 nitrogen and oxygen atoms in total. The maximum atomic E-state index is 11.8. The minimum Gasteiger partial charge on any atom is -0.351 e. The van der Waals surface area contributed by atoms with Crippen molar-refractivity contribution in [2.45, 2.75) is 33.2 Å². The Morgan fingerprint density at radius 3 is 2.56 bits per heavy atom. The van der Waals surface area contributed by atoms with Gasteiger partial charge in [0.25, 0.3) is 0 Å². The van der Waals surface area contributed by atoms with Crippen molar-refractivity contribution in [3.8, 4) is 0 Å². The second-order valence-electron chi connectivity index (χ2n) is 5.11. The van der Waals surface area contributed by atoms with E-state index in [1.807, 2.05) is 6.92 Å². The normalized spacial score (nSPS) is 28.4. The third kappa shape index (κ3) is 3.63. The van der Waals surface area contributed by atoms with Crippen molar-refractivity contribution in [3.63, 3.8) is 0 Å². The van der Waals surface area contributed by atoms with Crippen LogP contribution in [0.15, 0.2) is 12.7 Å². The van der Waals surface area contributed by atoms with Crippen molar-refractivity contribution in [1.29, 1.82) is 0 Å². The fourth-order valence-electron chi connectivity index (χ4n) is 2.51. The fraction of sp³-hybridized carbons (Fsp3) is 0.769. The summed E-state index contributed by atoms with van der Waals surface area (Å²) in [5, 5.41) is 2.86. The largest absolute Gasteiger partial charge is 0.351 e. The summed E-state index contributed by atoms with van der Waals surface area (Å²) in [4.78, 5) is 14.1. The molecule has 16 heavy (non-hydrogen) atoms. The molecule has 1 aliphatic heterocycles. The monoisotopic (exact) mass is 224 g/mol. The number of nitrogens with one attached hydrogen (secondary N) is 1. The Balaban J connectivity index is 2.48. The van der Waals surface area contributed by atoms with Gasteiger partial charge >= 0.3 is 0 Å². The van der Waals surface area contributed by atoms with Crippen molar-refractivity contribution in [2.75, 3.05) is 19.6 Å². The van der Waals surface area contributed by atoms with Gasteiger partial charge in [0.05, 0.1) is 6.04 Å². The van der Waals surface area contributed by atoms with Crippen molar-refractivity contribution < 1.29 is 4.79 Å². The zero-order valence-electron chi connectivity index (χ0n) is 10.7. The van der Waals surface area contributed by atoms with Crippen molar-refractivity contribution in [3.05, 3.63) is 12.7 Å². The lowest BCUT2D eigenvalue weighted by atomic mass is 9.91. The van der Waals surface area contributed by atoms with Crippen molar-refractivity contribution in [2.24, 2.45) is 11.8 Å². The highest BCUT2D eigenvalue weighted by atomic mass is 16.2. The van der Waals surface area contributed by atoms with Crippen LogP contribution in [0.1, 0.15) is 27.2 Å². The number of amides is 1. The molecule has 3 atom stereocenters. The Labute approximate surface area is 98.9 Å². The summed E-state index contributed by atoms with van der Waals surface area (Å²) >= 11 is 0. The Hall–Kier alpha value is -0.830. The summed E-state index contributed by atoms with van der Waals surface area (Å²) in [5.74, 6) is 1.50. The third-order valence-corrected chi connectivity index (χ3v) is 3.24. The van der Waals surface area contributed by atoms with E-state index in [0.29, 0.717) is 18.4 Å². The molecule has 1 rings (SSSR count). The molecular weight excluding hydrogens is 200 g/mol. The zero-order chi connectivity index (χ0) is 12.1. The van der Waals surface area contributed by atoms with Gasteiger partial charge in [0.1, 0.15) is 0 Å². The molecule has 1 fully saturated rings. The van der Waals surface area contributed by atoms with Crippen LogP contribution in [0.4, 0.5) is 0 Å². The lowest BCUT2D eigenvalue weighted by Crippen LogP contribution is -2.50. The summed E-state index contributed by atoms with van der Waals surface area (Å²) in [6, 6.07) is -0.0230. The van der Waals surface area contributed by atoms with E-state index in [9.17, 15) is 4.79 Å². The molecule has 0 spiro atoms. The molecule has 0 aromatic carbocycles. The topological polar surface area (TPSA) is 32.3 Å². The molecule has 1 aliphatic rings. The van der Waals surface area contributed by atoms with Crippen LogP contribution < -0.4 is 5.32 Å². The van der Waals surface area contributed by atoms with E-state index >= 15 is 0 Å². The highest BCUT2D eigenvalue weighted by molar-refractivity contribution is 5.81. The SMILES string of the molecule is C=CCNC(=O)[C@@H](C)N1C[C@H](C)C[C@H](C)C1. The Morgan fingerprint density at radius 2 is 2.06 bits per heavy atom. The fourth-order valence-corrected chi connectivity index (χ4v) is 2.51. The van der Waals surface area contributed by atoms with Crippen molar-refractivity contribution >= 4 is 5.91 Å². The Bertz CT molecular complexity index is 242. The molecule has 0 aromatic rings. The maximum Gasteiger partial charge on any atom is 0.237 e. The number of nitrogens with zero attached hydrogens (tertiary/aromatic N) is 1. The highest BCUT2D eigenvalue weighted by Crippen LogP contribution is 2.22. The summed E-state index contributed by atoms with van der Waals surface area (Å²) in [7, 11) is 0. The molecule has 1 amide bonds. The summed E-state index contributed by atoms with van der Waals surface area (Å²) in [6.07, 6.45) is 2.99. The maximum absolute atomic E-state index is 11.8. The Morgan fingerprint density at radius 1 is 1.50 bits per heavy atom. The van der Waals surface area contributed by atoms with Gasteiger partial charge in [-0.2, -0.15) is 0 Å². The van der Waals surface area contributed by atoms with Crippen LogP contribution in [0, 0.1) is 11.8 Å². The minimum atomic E-state index is -0.0230. The van der Waals surface area contributed by atoms with Gasteiger partial charge in [-0.1, -0.05) is 19.9 Å².